The van der Waals surface area contributed by atoms with E-state index >= 15 is 0 Å². The molecule has 40 heavy (non-hydrogen) atoms. The molecule has 214 valence electrons. The van der Waals surface area contributed by atoms with Crippen LogP contribution in [0.2, 0.25) is 0 Å². The maximum atomic E-state index is 13.8. The summed E-state index contributed by atoms with van der Waals surface area (Å²) in [6.45, 7) is 2.65. The van der Waals surface area contributed by atoms with Crippen molar-refractivity contribution in [2.45, 2.75) is 38.8 Å². The first-order valence-electron chi connectivity index (χ1n) is 13.1. The lowest BCUT2D eigenvalue weighted by Gasteiger charge is -2.32. The molecule has 0 saturated carbocycles. The minimum atomic E-state index is -3.59. The minimum Gasteiger partial charge on any atom is -0.497 e. The van der Waals surface area contributed by atoms with E-state index in [-0.39, 0.29) is 37.7 Å². The van der Waals surface area contributed by atoms with Gasteiger partial charge in [-0.15, -0.1) is 0 Å². The standard InChI is InChI=1S/C30H36BrN3O5S/c1-4-32-30(36)28(21-23-9-6-5-7-10-23)33(22-24-12-14-25(31)15-13-24)29(35)11-8-20-34(40(3,37)38)26-16-18-27(39-2)19-17-26/h5-7,9-10,12-19,28H,4,8,11,20-22H2,1-3H3,(H,32,36)/t28-/m0/s1. The molecule has 0 aliphatic rings. The van der Waals surface area contributed by atoms with Crippen LogP contribution >= 0.6 is 15.9 Å². The molecule has 0 spiro atoms. The second-order valence-electron chi connectivity index (χ2n) is 9.38. The van der Waals surface area contributed by atoms with Crippen molar-refractivity contribution in [2.75, 3.05) is 30.8 Å². The Morgan fingerprint density at radius 3 is 2.17 bits per heavy atom. The number of hydrogen-bond donors (Lipinski definition) is 1. The molecular formula is C30H36BrN3O5S. The van der Waals surface area contributed by atoms with Gasteiger partial charge in [-0.2, -0.15) is 0 Å². The largest absolute Gasteiger partial charge is 0.497 e. The number of nitrogens with zero attached hydrogens (tertiary/aromatic N) is 2. The highest BCUT2D eigenvalue weighted by atomic mass is 79.9. The molecular weight excluding hydrogens is 594 g/mol. The van der Waals surface area contributed by atoms with Crippen LogP contribution in [0.1, 0.15) is 30.9 Å². The fourth-order valence-electron chi connectivity index (χ4n) is 4.38. The van der Waals surface area contributed by atoms with Gasteiger partial charge in [-0.25, -0.2) is 8.42 Å². The summed E-state index contributed by atoms with van der Waals surface area (Å²) in [7, 11) is -2.04. The summed E-state index contributed by atoms with van der Waals surface area (Å²) in [5, 5.41) is 2.88. The number of methoxy groups -OCH3 is 1. The molecule has 10 heteroatoms. The summed E-state index contributed by atoms with van der Waals surface area (Å²) in [4.78, 5) is 28.6. The Kier molecular flexibility index (Phi) is 11.6. The number of nitrogens with one attached hydrogen (secondary N) is 1. The number of anilines is 1. The van der Waals surface area contributed by atoms with Crippen molar-refractivity contribution in [3.8, 4) is 5.75 Å². The minimum absolute atomic E-state index is 0.0728. The van der Waals surface area contributed by atoms with Crippen LogP contribution in [0.3, 0.4) is 0 Å². The van der Waals surface area contributed by atoms with Gasteiger partial charge in [0, 0.05) is 36.9 Å². The van der Waals surface area contributed by atoms with Crippen molar-refractivity contribution in [3.05, 3.63) is 94.5 Å². The smallest absolute Gasteiger partial charge is 0.243 e. The summed E-state index contributed by atoms with van der Waals surface area (Å²) in [6, 6.07) is 23.2. The number of likely N-dealkylation sites (N-methyl/N-ethyl adjacent to an activating group) is 1. The maximum absolute atomic E-state index is 13.8. The van der Waals surface area contributed by atoms with E-state index in [2.05, 4.69) is 21.2 Å². The zero-order valence-corrected chi connectivity index (χ0v) is 25.4. The highest BCUT2D eigenvalue weighted by Crippen LogP contribution is 2.23. The first-order chi connectivity index (χ1) is 19.1. The second kappa shape index (κ2) is 14.9. The molecule has 2 amide bonds. The molecule has 0 saturated heterocycles. The molecule has 8 nitrogen and oxygen atoms in total. The normalized spacial score (nSPS) is 11.9. The van der Waals surface area contributed by atoms with Crippen LogP contribution in [0, 0.1) is 0 Å². The topological polar surface area (TPSA) is 96.0 Å². The van der Waals surface area contributed by atoms with E-state index in [1.807, 2.05) is 61.5 Å². The van der Waals surface area contributed by atoms with Gasteiger partial charge in [-0.1, -0.05) is 58.4 Å². The highest BCUT2D eigenvalue weighted by molar-refractivity contribution is 9.10. The molecule has 0 radical (unpaired) electrons. The molecule has 1 N–H and O–H groups in total. The van der Waals surface area contributed by atoms with Crippen LogP contribution < -0.4 is 14.4 Å². The number of rotatable bonds is 14. The lowest BCUT2D eigenvalue weighted by atomic mass is 10.0. The van der Waals surface area contributed by atoms with E-state index < -0.39 is 16.1 Å². The number of sulfonamides is 1. The van der Waals surface area contributed by atoms with Gasteiger partial charge < -0.3 is 15.0 Å². The molecule has 0 bridgehead atoms. The molecule has 1 atom stereocenters. The third kappa shape index (κ3) is 9.09. The number of carbonyl (C=O) groups is 2. The number of amides is 2. The molecule has 0 heterocycles. The lowest BCUT2D eigenvalue weighted by molar-refractivity contribution is -0.141. The zero-order valence-electron chi connectivity index (χ0n) is 23.0. The van der Waals surface area contributed by atoms with Gasteiger partial charge in [0.05, 0.1) is 19.1 Å². The van der Waals surface area contributed by atoms with Gasteiger partial charge in [-0.05, 0) is 60.9 Å². The van der Waals surface area contributed by atoms with Crippen LogP contribution in [0.15, 0.2) is 83.3 Å². The molecule has 3 rings (SSSR count). The third-order valence-corrected chi connectivity index (χ3v) is 8.12. The predicted molar refractivity (Wildman–Crippen MR) is 162 cm³/mol. The van der Waals surface area contributed by atoms with E-state index in [4.69, 9.17) is 4.74 Å². The molecule has 0 unspecified atom stereocenters. The van der Waals surface area contributed by atoms with Gasteiger partial charge >= 0.3 is 0 Å². The van der Waals surface area contributed by atoms with E-state index in [0.29, 0.717) is 24.4 Å². The number of hydrogen-bond acceptors (Lipinski definition) is 5. The third-order valence-electron chi connectivity index (χ3n) is 6.40. The Morgan fingerprint density at radius 2 is 1.60 bits per heavy atom. The number of ether oxygens (including phenoxy) is 1. The van der Waals surface area contributed by atoms with Crippen LogP contribution in [0.5, 0.6) is 5.75 Å². The molecule has 3 aromatic carbocycles. The predicted octanol–water partition coefficient (Wildman–Crippen LogP) is 4.78. The van der Waals surface area contributed by atoms with Gasteiger partial charge in [0.2, 0.25) is 21.8 Å². The van der Waals surface area contributed by atoms with Crippen LogP contribution in [0.4, 0.5) is 5.69 Å². The molecule has 0 fully saturated rings. The van der Waals surface area contributed by atoms with Crippen molar-refractivity contribution < 1.29 is 22.7 Å². The summed E-state index contributed by atoms with van der Waals surface area (Å²) < 4.78 is 32.5. The SMILES string of the molecule is CCNC(=O)[C@H](Cc1ccccc1)N(Cc1ccc(Br)cc1)C(=O)CCCN(c1ccc(OC)cc1)S(C)(=O)=O. The Balaban J connectivity index is 1.84. The summed E-state index contributed by atoms with van der Waals surface area (Å²) in [5.74, 6) is 0.164. The first kappa shape index (κ1) is 31.2. The van der Waals surface area contributed by atoms with E-state index in [1.54, 1.807) is 36.3 Å². The lowest BCUT2D eigenvalue weighted by Crippen LogP contribution is -2.50. The summed E-state index contributed by atoms with van der Waals surface area (Å²) >= 11 is 3.44. The molecule has 0 aliphatic carbocycles. The number of halogens is 1. The average molecular weight is 631 g/mol. The second-order valence-corrected chi connectivity index (χ2v) is 12.2. The van der Waals surface area contributed by atoms with Gasteiger partial charge in [-0.3, -0.25) is 13.9 Å². The van der Waals surface area contributed by atoms with E-state index in [9.17, 15) is 18.0 Å². The fourth-order valence-corrected chi connectivity index (χ4v) is 5.61. The molecule has 3 aromatic rings. The van der Waals surface area contributed by atoms with Crippen molar-refractivity contribution in [2.24, 2.45) is 0 Å². The fraction of sp³-hybridized carbons (Fsp3) is 0.333. The Bertz CT molecular complexity index is 1350. The molecule has 0 aliphatic heterocycles. The van der Waals surface area contributed by atoms with Gasteiger partial charge in [0.1, 0.15) is 11.8 Å². The Morgan fingerprint density at radius 1 is 0.950 bits per heavy atom. The highest BCUT2D eigenvalue weighted by Gasteiger charge is 2.30. The molecule has 0 aromatic heterocycles. The van der Waals surface area contributed by atoms with Crippen LogP contribution in [0.25, 0.3) is 0 Å². The van der Waals surface area contributed by atoms with Crippen LogP contribution in [-0.2, 0) is 32.6 Å². The van der Waals surface area contributed by atoms with Crippen molar-refractivity contribution in [1.82, 2.24) is 10.2 Å². The van der Waals surface area contributed by atoms with Gasteiger partial charge in [0.25, 0.3) is 0 Å². The summed E-state index contributed by atoms with van der Waals surface area (Å²) in [5.41, 5.74) is 2.32. The van der Waals surface area contributed by atoms with Crippen molar-refractivity contribution in [1.29, 1.82) is 0 Å². The average Bonchev–Trinajstić information content (AvgIpc) is 2.94. The maximum Gasteiger partial charge on any atom is 0.243 e. The number of benzene rings is 3. The first-order valence-corrected chi connectivity index (χ1v) is 15.7. The monoisotopic (exact) mass is 629 g/mol. The summed E-state index contributed by atoms with van der Waals surface area (Å²) in [6.07, 6.45) is 1.85. The van der Waals surface area contributed by atoms with Gasteiger partial charge in [0.15, 0.2) is 0 Å². The zero-order chi connectivity index (χ0) is 29.1. The Hall–Kier alpha value is -3.37. The quantitative estimate of drug-likeness (QED) is 0.277. The van der Waals surface area contributed by atoms with E-state index in [1.165, 1.54) is 4.31 Å². The van der Waals surface area contributed by atoms with E-state index in [0.717, 1.165) is 21.9 Å². The van der Waals surface area contributed by atoms with Crippen molar-refractivity contribution in [3.63, 3.8) is 0 Å². The number of carbonyl (C=O) groups excluding carboxylic acids is 2. The Labute approximate surface area is 245 Å². The van der Waals surface area contributed by atoms with Crippen molar-refractivity contribution >= 4 is 43.5 Å². The van der Waals surface area contributed by atoms with Crippen LogP contribution in [-0.4, -0.2) is 57.6 Å².